The molecule has 2 nitrogen and oxygen atoms in total. The second-order valence-electron chi connectivity index (χ2n) is 5.04. The van der Waals surface area contributed by atoms with Crippen LogP contribution >= 0.6 is 11.6 Å². The molecule has 0 spiro atoms. The highest BCUT2D eigenvalue weighted by molar-refractivity contribution is 6.30. The summed E-state index contributed by atoms with van der Waals surface area (Å²) in [6, 6.07) is 20.6. The molecule has 0 aliphatic rings. The smallest absolute Gasteiger partial charge is 0.193 e. The van der Waals surface area contributed by atoms with E-state index in [2.05, 4.69) is 0 Å². The molecule has 0 atom stereocenters. The molecule has 0 N–H and O–H groups in total. The van der Waals surface area contributed by atoms with Crippen LogP contribution in [0.2, 0.25) is 5.02 Å². The highest BCUT2D eigenvalue weighted by Crippen LogP contribution is 2.17. The molecule has 2 aromatic carbocycles. The van der Waals surface area contributed by atoms with Gasteiger partial charge in [0.1, 0.15) is 0 Å². The Kier molecular flexibility index (Phi) is 6.08. The zero-order chi connectivity index (χ0) is 15.4. The molecule has 0 amide bonds. The van der Waals surface area contributed by atoms with Crippen LogP contribution in [0, 0.1) is 0 Å². The Labute approximate surface area is 151 Å². The van der Waals surface area contributed by atoms with E-state index in [1.165, 1.54) is 0 Å². The molecule has 0 radical (unpaired) electrons. The Balaban J connectivity index is 0.00000192. The maximum atomic E-state index is 12.7. The molecule has 0 unspecified atom stereocenters. The third-order valence-corrected chi connectivity index (χ3v) is 3.75. The number of carbonyl (C=O) groups excluding carboxylic acids is 1. The van der Waals surface area contributed by atoms with E-state index in [1.807, 2.05) is 59.4 Å². The quantitative estimate of drug-likeness (QED) is 0.481. The van der Waals surface area contributed by atoms with Crippen LogP contribution in [0.25, 0.3) is 0 Å². The standard InChI is InChI=1S/C19H15ClNO.BrH/c20-17-10-8-15(9-11-17)19(22)18-7-3-2-6-16(18)14-21-12-4-1-5-13-21;/h1-13H,14H2;1H/q+1;/p-1. The van der Waals surface area contributed by atoms with Gasteiger partial charge in [0.05, 0.1) is 0 Å². The molecule has 3 aromatic rings. The lowest BCUT2D eigenvalue weighted by molar-refractivity contribution is -0.688. The number of hydrogen-bond donors (Lipinski definition) is 0. The van der Waals surface area contributed by atoms with Crippen molar-refractivity contribution in [1.82, 2.24) is 0 Å². The number of hydrogen-bond acceptors (Lipinski definition) is 1. The van der Waals surface area contributed by atoms with Gasteiger partial charge in [0.25, 0.3) is 0 Å². The number of nitrogens with zero attached hydrogens (tertiary/aromatic N) is 1. The molecular formula is C19H15BrClNO. The lowest BCUT2D eigenvalue weighted by atomic mass is 9.98. The fourth-order valence-corrected chi connectivity index (χ4v) is 2.50. The SMILES string of the molecule is O=C(c1ccc(Cl)cc1)c1ccccc1C[n+]1ccccc1.[Br-]. The van der Waals surface area contributed by atoms with Gasteiger partial charge >= 0.3 is 0 Å². The molecule has 1 aromatic heterocycles. The van der Waals surface area contributed by atoms with E-state index in [0.717, 1.165) is 11.1 Å². The van der Waals surface area contributed by atoms with Gasteiger partial charge in [0.15, 0.2) is 24.7 Å². The molecule has 4 heteroatoms. The van der Waals surface area contributed by atoms with Gasteiger partial charge in [-0.25, -0.2) is 4.57 Å². The Morgan fingerprint density at radius 1 is 0.870 bits per heavy atom. The number of pyridine rings is 1. The van der Waals surface area contributed by atoms with E-state index in [1.54, 1.807) is 24.3 Å². The minimum Gasteiger partial charge on any atom is -1.00 e. The van der Waals surface area contributed by atoms with Crippen molar-refractivity contribution in [1.29, 1.82) is 0 Å². The molecule has 3 rings (SSSR count). The van der Waals surface area contributed by atoms with Crippen molar-refractivity contribution < 1.29 is 26.3 Å². The van der Waals surface area contributed by atoms with Crippen LogP contribution in [-0.4, -0.2) is 5.78 Å². The Morgan fingerprint density at radius 2 is 1.52 bits per heavy atom. The zero-order valence-corrected chi connectivity index (χ0v) is 14.7. The first-order valence-corrected chi connectivity index (χ1v) is 7.44. The maximum Gasteiger partial charge on any atom is 0.193 e. The largest absolute Gasteiger partial charge is 1.00 e. The average molecular weight is 389 g/mol. The second kappa shape index (κ2) is 8.04. The highest BCUT2D eigenvalue weighted by Gasteiger charge is 2.15. The molecule has 0 saturated carbocycles. The van der Waals surface area contributed by atoms with Gasteiger partial charge in [-0.15, -0.1) is 0 Å². The average Bonchev–Trinajstić information content (AvgIpc) is 2.56. The van der Waals surface area contributed by atoms with Crippen molar-refractivity contribution in [2.24, 2.45) is 0 Å². The van der Waals surface area contributed by atoms with Gasteiger partial charge in [0, 0.05) is 33.8 Å². The van der Waals surface area contributed by atoms with Gasteiger partial charge in [-0.3, -0.25) is 4.79 Å². The predicted molar refractivity (Wildman–Crippen MR) is 87.1 cm³/mol. The Morgan fingerprint density at radius 3 is 2.22 bits per heavy atom. The topological polar surface area (TPSA) is 20.9 Å². The van der Waals surface area contributed by atoms with Gasteiger partial charge in [-0.05, 0) is 24.3 Å². The summed E-state index contributed by atoms with van der Waals surface area (Å²) < 4.78 is 2.05. The van der Waals surface area contributed by atoms with Gasteiger partial charge in [-0.1, -0.05) is 41.9 Å². The molecular weight excluding hydrogens is 374 g/mol. The van der Waals surface area contributed by atoms with Crippen molar-refractivity contribution in [3.63, 3.8) is 0 Å². The van der Waals surface area contributed by atoms with E-state index in [0.29, 0.717) is 17.1 Å². The lowest BCUT2D eigenvalue weighted by Crippen LogP contribution is -3.00. The fraction of sp³-hybridized carbons (Fsp3) is 0.0526. The van der Waals surface area contributed by atoms with E-state index in [-0.39, 0.29) is 22.8 Å². The summed E-state index contributed by atoms with van der Waals surface area (Å²) in [6.07, 6.45) is 3.98. The first-order chi connectivity index (χ1) is 10.7. The lowest BCUT2D eigenvalue weighted by Gasteiger charge is -2.06. The van der Waals surface area contributed by atoms with Gasteiger partial charge in [0.2, 0.25) is 0 Å². The molecule has 0 aliphatic carbocycles. The van der Waals surface area contributed by atoms with Crippen molar-refractivity contribution in [2.75, 3.05) is 0 Å². The summed E-state index contributed by atoms with van der Waals surface area (Å²) >= 11 is 5.89. The molecule has 0 bridgehead atoms. The monoisotopic (exact) mass is 387 g/mol. The minimum absolute atomic E-state index is 0. The molecule has 1 heterocycles. The first kappa shape index (κ1) is 17.4. The van der Waals surface area contributed by atoms with Crippen LogP contribution in [0.4, 0.5) is 0 Å². The molecule has 0 fully saturated rings. The van der Waals surface area contributed by atoms with Gasteiger partial charge in [-0.2, -0.15) is 0 Å². The molecule has 23 heavy (non-hydrogen) atoms. The minimum atomic E-state index is 0. The third-order valence-electron chi connectivity index (χ3n) is 3.50. The third kappa shape index (κ3) is 4.27. The number of carbonyl (C=O) groups is 1. The number of aromatic nitrogens is 1. The normalized spacial score (nSPS) is 9.96. The van der Waals surface area contributed by atoms with Crippen LogP contribution < -0.4 is 21.5 Å². The number of benzene rings is 2. The number of ketones is 1. The predicted octanol–water partition coefficient (Wildman–Crippen LogP) is 0.911. The van der Waals surface area contributed by atoms with Crippen LogP contribution in [0.5, 0.6) is 0 Å². The summed E-state index contributed by atoms with van der Waals surface area (Å²) in [5, 5.41) is 0.629. The molecule has 0 saturated heterocycles. The first-order valence-electron chi connectivity index (χ1n) is 7.06. The van der Waals surface area contributed by atoms with Crippen molar-refractivity contribution >= 4 is 17.4 Å². The van der Waals surface area contributed by atoms with E-state index in [9.17, 15) is 4.79 Å². The molecule has 116 valence electrons. The second-order valence-corrected chi connectivity index (χ2v) is 5.48. The molecule has 0 aliphatic heterocycles. The van der Waals surface area contributed by atoms with Crippen LogP contribution in [0.1, 0.15) is 21.5 Å². The van der Waals surface area contributed by atoms with Gasteiger partial charge < -0.3 is 17.0 Å². The van der Waals surface area contributed by atoms with Crippen LogP contribution in [-0.2, 0) is 6.54 Å². The van der Waals surface area contributed by atoms with E-state index in [4.69, 9.17) is 11.6 Å². The zero-order valence-electron chi connectivity index (χ0n) is 12.3. The highest BCUT2D eigenvalue weighted by atomic mass is 79.9. The summed E-state index contributed by atoms with van der Waals surface area (Å²) in [5.74, 6) is 0.0174. The van der Waals surface area contributed by atoms with E-state index >= 15 is 0 Å². The Bertz CT molecular complexity index is 788. The summed E-state index contributed by atoms with van der Waals surface area (Å²) in [7, 11) is 0. The number of rotatable bonds is 4. The van der Waals surface area contributed by atoms with Crippen molar-refractivity contribution in [3.05, 3.63) is 101 Å². The van der Waals surface area contributed by atoms with E-state index < -0.39 is 0 Å². The maximum absolute atomic E-state index is 12.7. The summed E-state index contributed by atoms with van der Waals surface area (Å²) in [4.78, 5) is 12.7. The van der Waals surface area contributed by atoms with Crippen LogP contribution in [0.3, 0.4) is 0 Å². The Hall–Kier alpha value is -1.97. The fourth-order valence-electron chi connectivity index (χ4n) is 2.37. The van der Waals surface area contributed by atoms with Crippen LogP contribution in [0.15, 0.2) is 79.1 Å². The van der Waals surface area contributed by atoms with Crippen molar-refractivity contribution in [2.45, 2.75) is 6.54 Å². The summed E-state index contributed by atoms with van der Waals surface area (Å²) in [5.41, 5.74) is 2.37. The van der Waals surface area contributed by atoms with Crippen molar-refractivity contribution in [3.8, 4) is 0 Å². The summed E-state index contributed by atoms with van der Waals surface area (Å²) in [6.45, 7) is 0.663. The number of halogens is 2.